The van der Waals surface area contributed by atoms with Gasteiger partial charge in [-0.15, -0.1) is 0 Å². The van der Waals surface area contributed by atoms with Crippen LogP contribution in [0.4, 0.5) is 5.69 Å². The van der Waals surface area contributed by atoms with Gasteiger partial charge in [0.15, 0.2) is 0 Å². The second kappa shape index (κ2) is 9.51. The number of hydrogen-bond donors (Lipinski definition) is 0. The van der Waals surface area contributed by atoms with Gasteiger partial charge in [-0.25, -0.2) is 4.98 Å². The lowest BCUT2D eigenvalue weighted by molar-refractivity contribution is -0.385. The SMILES string of the molecule is Cc1nc2ccc(Br)cc2c(=O)n1N=Cc1cc(Cl)cc([N+](=O)[O-])c1OCc1ccccc1. The van der Waals surface area contributed by atoms with Crippen LogP contribution >= 0.6 is 27.5 Å². The summed E-state index contributed by atoms with van der Waals surface area (Å²) < 4.78 is 7.66. The van der Waals surface area contributed by atoms with Crippen LogP contribution in [-0.2, 0) is 6.61 Å². The highest BCUT2D eigenvalue weighted by atomic mass is 79.9. The van der Waals surface area contributed by atoms with E-state index < -0.39 is 4.92 Å². The van der Waals surface area contributed by atoms with E-state index in [1.807, 2.05) is 30.3 Å². The van der Waals surface area contributed by atoms with Crippen molar-refractivity contribution in [1.82, 2.24) is 9.66 Å². The molecule has 0 saturated carbocycles. The topological polar surface area (TPSA) is 99.6 Å². The Bertz CT molecular complexity index is 1450. The molecule has 0 fully saturated rings. The number of hydrogen-bond acceptors (Lipinski definition) is 6. The number of aryl methyl sites for hydroxylation is 1. The van der Waals surface area contributed by atoms with Crippen LogP contribution in [0.1, 0.15) is 17.0 Å². The zero-order chi connectivity index (χ0) is 23.5. The molecule has 1 heterocycles. The van der Waals surface area contributed by atoms with Gasteiger partial charge in [-0.05, 0) is 36.8 Å². The zero-order valence-corrected chi connectivity index (χ0v) is 19.6. The highest BCUT2D eigenvalue weighted by Gasteiger charge is 2.21. The molecule has 0 saturated heterocycles. The maximum Gasteiger partial charge on any atom is 0.313 e. The number of rotatable bonds is 6. The molecule has 0 unspecified atom stereocenters. The lowest BCUT2D eigenvalue weighted by Crippen LogP contribution is -2.20. The summed E-state index contributed by atoms with van der Waals surface area (Å²) >= 11 is 9.47. The Kier molecular flexibility index (Phi) is 6.52. The molecule has 0 spiro atoms. The van der Waals surface area contributed by atoms with E-state index in [-0.39, 0.29) is 34.2 Å². The molecule has 0 aliphatic rings. The average Bonchev–Trinajstić information content (AvgIpc) is 2.79. The highest BCUT2D eigenvalue weighted by molar-refractivity contribution is 9.10. The smallest absolute Gasteiger partial charge is 0.313 e. The fourth-order valence-electron chi connectivity index (χ4n) is 3.23. The number of nitrogens with zero attached hydrogens (tertiary/aromatic N) is 4. The van der Waals surface area contributed by atoms with Crippen molar-refractivity contribution in [3.8, 4) is 5.75 Å². The third kappa shape index (κ3) is 4.94. The average molecular weight is 528 g/mol. The number of benzene rings is 3. The Morgan fingerprint density at radius 3 is 2.70 bits per heavy atom. The first-order valence-electron chi connectivity index (χ1n) is 9.71. The molecular formula is C23H16BrClN4O4. The van der Waals surface area contributed by atoms with Crippen LogP contribution in [0.2, 0.25) is 5.02 Å². The number of halogens is 2. The largest absolute Gasteiger partial charge is 0.481 e. The number of ether oxygens (including phenoxy) is 1. The quantitative estimate of drug-likeness (QED) is 0.187. The van der Waals surface area contributed by atoms with E-state index in [1.54, 1.807) is 25.1 Å². The monoisotopic (exact) mass is 526 g/mol. The predicted molar refractivity (Wildman–Crippen MR) is 130 cm³/mol. The molecule has 0 aliphatic heterocycles. The van der Waals surface area contributed by atoms with Crippen LogP contribution in [0.25, 0.3) is 10.9 Å². The lowest BCUT2D eigenvalue weighted by atomic mass is 10.2. The van der Waals surface area contributed by atoms with Crippen molar-refractivity contribution in [2.75, 3.05) is 0 Å². The van der Waals surface area contributed by atoms with Gasteiger partial charge in [0.25, 0.3) is 5.56 Å². The molecule has 0 aliphatic carbocycles. The molecule has 4 rings (SSSR count). The first kappa shape index (κ1) is 22.6. The van der Waals surface area contributed by atoms with E-state index in [9.17, 15) is 14.9 Å². The molecule has 0 atom stereocenters. The van der Waals surface area contributed by atoms with E-state index in [4.69, 9.17) is 16.3 Å². The van der Waals surface area contributed by atoms with Crippen LogP contribution in [0.5, 0.6) is 5.75 Å². The summed E-state index contributed by atoms with van der Waals surface area (Å²) in [6.07, 6.45) is 1.30. The summed E-state index contributed by atoms with van der Waals surface area (Å²) in [4.78, 5) is 28.5. The first-order valence-corrected chi connectivity index (χ1v) is 10.9. The van der Waals surface area contributed by atoms with Gasteiger partial charge in [-0.3, -0.25) is 14.9 Å². The minimum absolute atomic E-state index is 0.000743. The normalized spacial score (nSPS) is 11.2. The Morgan fingerprint density at radius 1 is 1.21 bits per heavy atom. The Hall–Kier alpha value is -3.56. The zero-order valence-electron chi connectivity index (χ0n) is 17.2. The van der Waals surface area contributed by atoms with Crippen molar-refractivity contribution >= 4 is 50.3 Å². The molecule has 3 aromatic carbocycles. The van der Waals surface area contributed by atoms with E-state index in [1.165, 1.54) is 18.3 Å². The maximum atomic E-state index is 13.0. The predicted octanol–water partition coefficient (Wildman–Crippen LogP) is 5.49. The highest BCUT2D eigenvalue weighted by Crippen LogP contribution is 2.34. The molecule has 8 nitrogen and oxygen atoms in total. The number of nitro benzene ring substituents is 1. The molecule has 10 heteroatoms. The van der Waals surface area contributed by atoms with E-state index in [0.717, 1.165) is 14.7 Å². The van der Waals surface area contributed by atoms with Crippen LogP contribution < -0.4 is 10.3 Å². The fraction of sp³-hybridized carbons (Fsp3) is 0.0870. The van der Waals surface area contributed by atoms with Crippen molar-refractivity contribution in [2.24, 2.45) is 5.10 Å². The van der Waals surface area contributed by atoms with E-state index >= 15 is 0 Å². The van der Waals surface area contributed by atoms with Gasteiger partial charge in [0, 0.05) is 21.1 Å². The summed E-state index contributed by atoms with van der Waals surface area (Å²) in [6, 6.07) is 17.1. The van der Waals surface area contributed by atoms with Crippen molar-refractivity contribution < 1.29 is 9.66 Å². The summed E-state index contributed by atoms with van der Waals surface area (Å²) in [5.74, 6) is 0.355. The summed E-state index contributed by atoms with van der Waals surface area (Å²) in [5, 5.41) is 16.4. The van der Waals surface area contributed by atoms with Gasteiger partial charge in [-0.2, -0.15) is 9.78 Å². The van der Waals surface area contributed by atoms with Crippen LogP contribution in [0.3, 0.4) is 0 Å². The van der Waals surface area contributed by atoms with Gasteiger partial charge >= 0.3 is 5.69 Å². The minimum atomic E-state index is -0.573. The van der Waals surface area contributed by atoms with E-state index in [2.05, 4.69) is 26.0 Å². The first-order chi connectivity index (χ1) is 15.8. The summed E-state index contributed by atoms with van der Waals surface area (Å²) in [5.41, 5.74) is 0.951. The minimum Gasteiger partial charge on any atom is -0.481 e. The van der Waals surface area contributed by atoms with Gasteiger partial charge < -0.3 is 4.74 Å². The Labute approximate surface area is 201 Å². The number of aromatic nitrogens is 2. The molecule has 1 aromatic heterocycles. The standard InChI is InChI=1S/C23H16BrClN4O4/c1-14-27-20-8-7-17(24)10-19(20)23(30)28(14)26-12-16-9-18(25)11-21(29(31)32)22(16)33-13-15-5-3-2-4-6-15/h2-12H,13H2,1H3. The number of nitro groups is 1. The fourth-order valence-corrected chi connectivity index (χ4v) is 3.82. The van der Waals surface area contributed by atoms with Crippen molar-refractivity contribution in [1.29, 1.82) is 0 Å². The maximum absolute atomic E-state index is 13.0. The van der Waals surface area contributed by atoms with Crippen LogP contribution in [0.15, 0.2) is 75.0 Å². The lowest BCUT2D eigenvalue weighted by Gasteiger charge is -2.11. The number of fused-ring (bicyclic) bond motifs is 1. The van der Waals surface area contributed by atoms with Crippen molar-refractivity contribution in [3.05, 3.63) is 108 Å². The van der Waals surface area contributed by atoms with Gasteiger partial charge in [0.1, 0.15) is 12.4 Å². The van der Waals surface area contributed by atoms with Gasteiger partial charge in [0.05, 0.1) is 22.0 Å². The third-order valence-corrected chi connectivity index (χ3v) is 5.48. The van der Waals surface area contributed by atoms with Crippen molar-refractivity contribution in [2.45, 2.75) is 13.5 Å². The second-order valence-corrected chi connectivity index (χ2v) is 8.41. The van der Waals surface area contributed by atoms with Crippen molar-refractivity contribution in [3.63, 3.8) is 0 Å². The molecule has 4 aromatic rings. The molecule has 0 amide bonds. The third-order valence-electron chi connectivity index (χ3n) is 4.77. The van der Waals surface area contributed by atoms with Gasteiger partial charge in [0.2, 0.25) is 5.75 Å². The second-order valence-electron chi connectivity index (χ2n) is 7.06. The molecule has 0 bridgehead atoms. The molecular weight excluding hydrogens is 512 g/mol. The Morgan fingerprint density at radius 2 is 1.97 bits per heavy atom. The summed E-state index contributed by atoms with van der Waals surface area (Å²) in [7, 11) is 0. The Balaban J connectivity index is 1.79. The molecule has 33 heavy (non-hydrogen) atoms. The molecule has 0 N–H and O–H groups in total. The van der Waals surface area contributed by atoms with E-state index in [0.29, 0.717) is 16.7 Å². The molecule has 166 valence electrons. The molecule has 0 radical (unpaired) electrons. The van der Waals surface area contributed by atoms with Crippen LogP contribution in [-0.4, -0.2) is 20.8 Å². The summed E-state index contributed by atoms with van der Waals surface area (Å²) in [6.45, 7) is 1.75. The van der Waals surface area contributed by atoms with Crippen LogP contribution in [0, 0.1) is 17.0 Å². The van der Waals surface area contributed by atoms with Gasteiger partial charge in [-0.1, -0.05) is 57.9 Å².